The minimum absolute atomic E-state index is 0.0319. The quantitative estimate of drug-likeness (QED) is 0.688. The van der Waals surface area contributed by atoms with Crippen LogP contribution in [0.25, 0.3) is 0 Å². The molecule has 2 aliphatic heterocycles. The third-order valence-electron chi connectivity index (χ3n) is 6.06. The number of hydrogen-bond acceptors (Lipinski definition) is 6. The van der Waals surface area contributed by atoms with E-state index in [-0.39, 0.29) is 29.0 Å². The van der Waals surface area contributed by atoms with Gasteiger partial charge in [0.05, 0.1) is 5.92 Å². The van der Waals surface area contributed by atoms with E-state index < -0.39 is 10.0 Å². The van der Waals surface area contributed by atoms with Crippen LogP contribution < -0.4 is 4.90 Å². The zero-order valence-corrected chi connectivity index (χ0v) is 19.3. The molecule has 10 heteroatoms. The Balaban J connectivity index is 1.40. The van der Waals surface area contributed by atoms with Gasteiger partial charge in [0, 0.05) is 50.0 Å². The van der Waals surface area contributed by atoms with E-state index in [4.69, 9.17) is 16.1 Å². The zero-order valence-electron chi connectivity index (χ0n) is 17.8. The van der Waals surface area contributed by atoms with Crippen LogP contribution in [-0.2, 0) is 14.8 Å². The van der Waals surface area contributed by atoms with Crippen LogP contribution in [-0.4, -0.2) is 68.0 Å². The van der Waals surface area contributed by atoms with Crippen LogP contribution in [0.1, 0.15) is 24.3 Å². The van der Waals surface area contributed by atoms with Gasteiger partial charge in [-0.2, -0.15) is 4.31 Å². The van der Waals surface area contributed by atoms with E-state index in [9.17, 15) is 13.2 Å². The molecule has 1 aromatic heterocycles. The summed E-state index contributed by atoms with van der Waals surface area (Å²) in [5.41, 5.74) is 1.40. The molecule has 1 aromatic carbocycles. The van der Waals surface area contributed by atoms with Crippen LogP contribution in [0.5, 0.6) is 0 Å². The van der Waals surface area contributed by atoms with Gasteiger partial charge in [-0.05, 0) is 44.9 Å². The lowest BCUT2D eigenvalue weighted by atomic mass is 9.97. The van der Waals surface area contributed by atoms with Gasteiger partial charge in [-0.25, -0.2) is 8.42 Å². The number of aryl methyl sites for hydroxylation is 2. The van der Waals surface area contributed by atoms with Gasteiger partial charge in [0.2, 0.25) is 15.9 Å². The van der Waals surface area contributed by atoms with Crippen molar-refractivity contribution in [1.29, 1.82) is 0 Å². The molecule has 0 spiro atoms. The first-order chi connectivity index (χ1) is 14.8. The molecule has 0 saturated carbocycles. The number of aromatic nitrogens is 1. The highest BCUT2D eigenvalue weighted by Crippen LogP contribution is 2.29. The first-order valence-electron chi connectivity index (χ1n) is 10.5. The topological polar surface area (TPSA) is 87.0 Å². The predicted octanol–water partition coefficient (Wildman–Crippen LogP) is 2.69. The SMILES string of the molecule is Cc1noc(C)c1S(=O)(=O)N1CCCC(C(=O)N2CCN(c3cccc(Cl)c3)CC2)C1. The number of anilines is 1. The van der Waals surface area contributed by atoms with E-state index in [0.717, 1.165) is 18.8 Å². The molecule has 168 valence electrons. The molecule has 1 amide bonds. The van der Waals surface area contributed by atoms with Crippen LogP contribution >= 0.6 is 11.6 Å². The molecule has 4 rings (SSSR count). The summed E-state index contributed by atoms with van der Waals surface area (Å²) >= 11 is 6.10. The molecule has 0 radical (unpaired) electrons. The summed E-state index contributed by atoms with van der Waals surface area (Å²) in [5, 5.41) is 4.47. The molecule has 2 fully saturated rings. The van der Waals surface area contributed by atoms with Gasteiger partial charge in [0.25, 0.3) is 0 Å². The largest absolute Gasteiger partial charge is 0.368 e. The standard InChI is InChI=1S/C21H27ClN4O4S/c1-15-20(16(2)30-23-15)31(28,29)26-8-4-5-17(14-26)21(27)25-11-9-24(10-12-25)19-7-3-6-18(22)13-19/h3,6-7,13,17H,4-5,8-12,14H2,1-2H3. The smallest absolute Gasteiger partial charge is 0.248 e. The maximum absolute atomic E-state index is 13.2. The minimum atomic E-state index is -3.74. The van der Waals surface area contributed by atoms with E-state index >= 15 is 0 Å². The second kappa shape index (κ2) is 8.80. The molecular formula is C21H27ClN4O4S. The van der Waals surface area contributed by atoms with Crippen LogP contribution in [0.4, 0.5) is 5.69 Å². The number of nitrogens with zero attached hydrogens (tertiary/aromatic N) is 4. The monoisotopic (exact) mass is 466 g/mol. The first-order valence-corrected chi connectivity index (χ1v) is 12.3. The van der Waals surface area contributed by atoms with Crippen LogP contribution in [0, 0.1) is 19.8 Å². The molecule has 0 N–H and O–H groups in total. The minimum Gasteiger partial charge on any atom is -0.368 e. The fraction of sp³-hybridized carbons (Fsp3) is 0.524. The number of piperidine rings is 1. The number of rotatable bonds is 4. The molecular weight excluding hydrogens is 440 g/mol. The van der Waals surface area contributed by atoms with Crippen molar-refractivity contribution >= 4 is 33.2 Å². The summed E-state index contributed by atoms with van der Waals surface area (Å²) in [6.07, 6.45) is 1.35. The Morgan fingerprint density at radius 2 is 1.90 bits per heavy atom. The van der Waals surface area contributed by atoms with Gasteiger partial charge in [0.15, 0.2) is 5.76 Å². The average molecular weight is 467 g/mol. The van der Waals surface area contributed by atoms with Gasteiger partial charge in [-0.15, -0.1) is 0 Å². The van der Waals surface area contributed by atoms with Crippen LogP contribution in [0.3, 0.4) is 0 Å². The number of sulfonamides is 1. The number of halogens is 1. The second-order valence-corrected chi connectivity index (χ2v) is 10.5. The van der Waals surface area contributed by atoms with Crippen molar-refractivity contribution in [3.63, 3.8) is 0 Å². The van der Waals surface area contributed by atoms with E-state index in [0.29, 0.717) is 43.2 Å². The van der Waals surface area contributed by atoms with Crippen molar-refractivity contribution in [2.45, 2.75) is 31.6 Å². The predicted molar refractivity (Wildman–Crippen MR) is 118 cm³/mol. The Bertz CT molecular complexity index is 1040. The maximum atomic E-state index is 13.2. The van der Waals surface area contributed by atoms with Crippen molar-refractivity contribution < 1.29 is 17.7 Å². The van der Waals surface area contributed by atoms with Crippen molar-refractivity contribution in [1.82, 2.24) is 14.4 Å². The Kier molecular flexibility index (Phi) is 6.27. The molecule has 8 nitrogen and oxygen atoms in total. The van der Waals surface area contributed by atoms with Crippen molar-refractivity contribution in [3.05, 3.63) is 40.7 Å². The average Bonchev–Trinajstić information content (AvgIpc) is 3.12. The van der Waals surface area contributed by atoms with E-state index in [2.05, 4.69) is 10.1 Å². The Hall–Kier alpha value is -2.10. The van der Waals surface area contributed by atoms with Gasteiger partial charge in [-0.3, -0.25) is 4.79 Å². The van der Waals surface area contributed by atoms with Gasteiger partial charge < -0.3 is 14.3 Å². The van der Waals surface area contributed by atoms with Crippen molar-refractivity contribution in [2.75, 3.05) is 44.2 Å². The highest BCUT2D eigenvalue weighted by Gasteiger charge is 2.38. The summed E-state index contributed by atoms with van der Waals surface area (Å²) in [5.74, 6) is -0.0192. The second-order valence-electron chi connectivity index (χ2n) is 8.15. The third kappa shape index (κ3) is 4.44. The van der Waals surface area contributed by atoms with E-state index in [1.54, 1.807) is 13.8 Å². The van der Waals surface area contributed by atoms with Crippen LogP contribution in [0.2, 0.25) is 5.02 Å². The fourth-order valence-electron chi connectivity index (χ4n) is 4.45. The number of carbonyl (C=O) groups is 1. The lowest BCUT2D eigenvalue weighted by Gasteiger charge is -2.39. The molecule has 31 heavy (non-hydrogen) atoms. The van der Waals surface area contributed by atoms with E-state index in [1.165, 1.54) is 4.31 Å². The third-order valence-corrected chi connectivity index (χ3v) is 8.41. The Labute approximate surface area is 187 Å². The van der Waals surface area contributed by atoms with Gasteiger partial charge in [0.1, 0.15) is 10.6 Å². The molecule has 2 aliphatic rings. The summed E-state index contributed by atoms with van der Waals surface area (Å²) < 4.78 is 32.8. The summed E-state index contributed by atoms with van der Waals surface area (Å²) in [4.78, 5) is 17.4. The van der Waals surface area contributed by atoms with Gasteiger partial charge >= 0.3 is 0 Å². The lowest BCUT2D eigenvalue weighted by molar-refractivity contribution is -0.137. The molecule has 1 atom stereocenters. The summed E-state index contributed by atoms with van der Waals surface area (Å²) in [6, 6.07) is 7.71. The lowest BCUT2D eigenvalue weighted by Crippen LogP contribution is -2.53. The number of carbonyl (C=O) groups excluding carboxylic acids is 1. The molecule has 0 aliphatic carbocycles. The van der Waals surface area contributed by atoms with Crippen LogP contribution in [0.15, 0.2) is 33.7 Å². The normalized spacial score (nSPS) is 20.8. The number of amides is 1. The Morgan fingerprint density at radius 3 is 2.55 bits per heavy atom. The molecule has 0 bridgehead atoms. The number of hydrogen-bond donors (Lipinski definition) is 0. The highest BCUT2D eigenvalue weighted by molar-refractivity contribution is 7.89. The van der Waals surface area contributed by atoms with E-state index in [1.807, 2.05) is 29.2 Å². The maximum Gasteiger partial charge on any atom is 0.248 e. The first kappa shape index (κ1) is 22.1. The molecule has 1 unspecified atom stereocenters. The summed E-state index contributed by atoms with van der Waals surface area (Å²) in [6.45, 7) is 6.48. The molecule has 2 aromatic rings. The molecule has 2 saturated heterocycles. The van der Waals surface area contributed by atoms with Crippen molar-refractivity contribution in [3.8, 4) is 0 Å². The van der Waals surface area contributed by atoms with Crippen molar-refractivity contribution in [2.24, 2.45) is 5.92 Å². The van der Waals surface area contributed by atoms with Gasteiger partial charge in [-0.1, -0.05) is 22.8 Å². The number of benzene rings is 1. The fourth-order valence-corrected chi connectivity index (χ4v) is 6.45. The highest BCUT2D eigenvalue weighted by atomic mass is 35.5. The zero-order chi connectivity index (χ0) is 22.2. The Morgan fingerprint density at radius 1 is 1.16 bits per heavy atom. The molecule has 3 heterocycles. The summed E-state index contributed by atoms with van der Waals surface area (Å²) in [7, 11) is -3.74. The number of piperazine rings is 1.